The van der Waals surface area contributed by atoms with E-state index in [2.05, 4.69) is 20.2 Å². The third-order valence-corrected chi connectivity index (χ3v) is 3.34. The number of hydrogen-bond donors (Lipinski definition) is 2. The van der Waals surface area contributed by atoms with Crippen molar-refractivity contribution in [2.24, 2.45) is 5.11 Å². The molecule has 2 N–H and O–H groups in total. The first-order valence-electron chi connectivity index (χ1n) is 6.68. The van der Waals surface area contributed by atoms with E-state index >= 15 is 0 Å². The van der Waals surface area contributed by atoms with Crippen LogP contribution in [0.25, 0.3) is 33.0 Å². The number of nitrogens with one attached hydrogen (secondary N) is 1. The lowest BCUT2D eigenvalue weighted by molar-refractivity contribution is 0.477. The van der Waals surface area contributed by atoms with E-state index in [9.17, 15) is 5.11 Å². The lowest BCUT2D eigenvalue weighted by Crippen LogP contribution is -1.81. The quantitative estimate of drug-likeness (QED) is 0.415. The number of nitrogens with zero attached hydrogens (tertiary/aromatic N) is 4. The Morgan fingerprint density at radius 2 is 1.91 bits per heavy atom. The van der Waals surface area contributed by atoms with Gasteiger partial charge in [0.1, 0.15) is 5.75 Å². The van der Waals surface area contributed by atoms with Crippen molar-refractivity contribution in [1.29, 1.82) is 0 Å². The first-order chi connectivity index (χ1) is 10.7. The summed E-state index contributed by atoms with van der Waals surface area (Å²) in [6, 6.07) is 14.4. The number of hydrogen-bond acceptors (Lipinski definition) is 3. The topological polar surface area (TPSA) is 97.7 Å². The number of azide groups is 1. The molecule has 6 heteroatoms. The Morgan fingerprint density at radius 1 is 1.14 bits per heavy atom. The van der Waals surface area contributed by atoms with Crippen molar-refractivity contribution in [3.05, 3.63) is 64.5 Å². The molecule has 3 rings (SSSR count). The zero-order chi connectivity index (χ0) is 15.5. The van der Waals surface area contributed by atoms with Gasteiger partial charge in [-0.15, -0.1) is 0 Å². The summed E-state index contributed by atoms with van der Waals surface area (Å²) < 4.78 is 0. The van der Waals surface area contributed by atoms with Gasteiger partial charge in [-0.3, -0.25) is 5.10 Å². The molecule has 0 aliphatic heterocycles. The van der Waals surface area contributed by atoms with Crippen molar-refractivity contribution in [3.63, 3.8) is 0 Å². The minimum absolute atomic E-state index is 0.208. The van der Waals surface area contributed by atoms with Crippen molar-refractivity contribution in [1.82, 2.24) is 10.2 Å². The average Bonchev–Trinajstić information content (AvgIpc) is 3.00. The van der Waals surface area contributed by atoms with Gasteiger partial charge >= 0.3 is 0 Å². The van der Waals surface area contributed by atoms with Crippen molar-refractivity contribution in [2.45, 2.75) is 6.92 Å². The van der Waals surface area contributed by atoms with Gasteiger partial charge in [0.2, 0.25) is 0 Å². The smallest absolute Gasteiger partial charge is 0.124 e. The number of benzene rings is 2. The molecule has 3 aromatic rings. The maximum absolute atomic E-state index is 9.97. The summed E-state index contributed by atoms with van der Waals surface area (Å²) in [5.41, 5.74) is 13.1. The van der Waals surface area contributed by atoms with Crippen molar-refractivity contribution < 1.29 is 5.11 Å². The summed E-state index contributed by atoms with van der Waals surface area (Å²) in [6.07, 6.45) is 0. The second-order valence-electron chi connectivity index (χ2n) is 4.92. The van der Waals surface area contributed by atoms with Crippen LogP contribution in [0.15, 0.2) is 53.6 Å². The van der Waals surface area contributed by atoms with Crippen LogP contribution in [-0.2, 0) is 0 Å². The van der Waals surface area contributed by atoms with Crippen LogP contribution in [0.2, 0.25) is 0 Å². The fourth-order valence-corrected chi connectivity index (χ4v) is 2.22. The van der Waals surface area contributed by atoms with Crippen LogP contribution in [0.5, 0.6) is 5.75 Å². The molecule has 0 aliphatic rings. The summed E-state index contributed by atoms with van der Waals surface area (Å²) >= 11 is 0. The van der Waals surface area contributed by atoms with Crippen molar-refractivity contribution in [2.75, 3.05) is 0 Å². The van der Waals surface area contributed by atoms with Gasteiger partial charge in [0.05, 0.1) is 11.4 Å². The van der Waals surface area contributed by atoms with E-state index in [1.807, 2.05) is 37.3 Å². The number of phenolic OH excluding ortho intramolecular Hbond substituents is 1. The zero-order valence-corrected chi connectivity index (χ0v) is 11.9. The van der Waals surface area contributed by atoms with Gasteiger partial charge < -0.3 is 5.11 Å². The molecule has 0 aliphatic carbocycles. The van der Waals surface area contributed by atoms with Crippen LogP contribution in [0.3, 0.4) is 0 Å². The molecular formula is C16H13N5O. The van der Waals surface area contributed by atoms with Crippen LogP contribution in [-0.4, -0.2) is 15.3 Å². The van der Waals surface area contributed by atoms with E-state index in [0.29, 0.717) is 11.3 Å². The molecule has 0 radical (unpaired) electrons. The molecule has 0 saturated heterocycles. The minimum atomic E-state index is 0.208. The number of aromatic amines is 1. The van der Waals surface area contributed by atoms with Crippen molar-refractivity contribution >= 4 is 5.69 Å². The molecule has 0 amide bonds. The normalized spacial score (nSPS) is 10.2. The Kier molecular flexibility index (Phi) is 3.52. The molecule has 108 valence electrons. The second kappa shape index (κ2) is 5.63. The molecule has 0 unspecified atom stereocenters. The molecule has 0 fully saturated rings. The third kappa shape index (κ3) is 2.63. The maximum atomic E-state index is 9.97. The SMILES string of the molecule is Cc1ccc(O)c(-c2cc(-c3ccc(N=[N+]=[N-])cc3)n[nH]2)c1. The zero-order valence-electron chi connectivity index (χ0n) is 11.9. The Bertz CT molecular complexity index is 860. The molecule has 2 aromatic carbocycles. The molecule has 1 heterocycles. The van der Waals surface area contributed by atoms with Crippen LogP contribution < -0.4 is 0 Å². The second-order valence-corrected chi connectivity index (χ2v) is 4.92. The highest BCUT2D eigenvalue weighted by Gasteiger charge is 2.09. The van der Waals surface area contributed by atoms with Crippen LogP contribution in [0.4, 0.5) is 5.69 Å². The van der Waals surface area contributed by atoms with Gasteiger partial charge in [0, 0.05) is 21.7 Å². The summed E-state index contributed by atoms with van der Waals surface area (Å²) in [5.74, 6) is 0.208. The summed E-state index contributed by atoms with van der Waals surface area (Å²) in [4.78, 5) is 2.75. The van der Waals surface area contributed by atoms with Gasteiger partial charge in [-0.1, -0.05) is 41.0 Å². The summed E-state index contributed by atoms with van der Waals surface area (Å²) in [6.45, 7) is 1.97. The van der Waals surface area contributed by atoms with E-state index in [1.54, 1.807) is 18.2 Å². The molecule has 22 heavy (non-hydrogen) atoms. The Balaban J connectivity index is 1.96. The first kappa shape index (κ1) is 13.7. The number of H-pyrrole nitrogens is 1. The highest BCUT2D eigenvalue weighted by molar-refractivity contribution is 5.72. The van der Waals surface area contributed by atoms with Gasteiger partial charge in [-0.2, -0.15) is 5.10 Å². The number of aromatic hydroxyl groups is 1. The monoisotopic (exact) mass is 291 g/mol. The predicted molar refractivity (Wildman–Crippen MR) is 84.7 cm³/mol. The van der Waals surface area contributed by atoms with Crippen LogP contribution in [0, 0.1) is 6.92 Å². The van der Waals surface area contributed by atoms with Crippen LogP contribution >= 0.6 is 0 Å². The van der Waals surface area contributed by atoms with E-state index in [0.717, 1.165) is 22.5 Å². The van der Waals surface area contributed by atoms with Gasteiger partial charge in [0.25, 0.3) is 0 Å². The fourth-order valence-electron chi connectivity index (χ4n) is 2.22. The fraction of sp³-hybridized carbons (Fsp3) is 0.0625. The molecule has 6 nitrogen and oxygen atoms in total. The Labute approximate surface area is 126 Å². The Morgan fingerprint density at radius 3 is 2.64 bits per heavy atom. The lowest BCUT2D eigenvalue weighted by Gasteiger charge is -2.02. The summed E-state index contributed by atoms with van der Waals surface area (Å²) in [7, 11) is 0. The number of rotatable bonds is 3. The summed E-state index contributed by atoms with van der Waals surface area (Å²) in [5, 5.41) is 20.7. The highest BCUT2D eigenvalue weighted by atomic mass is 16.3. The molecule has 0 spiro atoms. The van der Waals surface area contributed by atoms with Gasteiger partial charge in [0.15, 0.2) is 0 Å². The highest BCUT2D eigenvalue weighted by Crippen LogP contribution is 2.31. The molecular weight excluding hydrogens is 278 g/mol. The van der Waals surface area contributed by atoms with Crippen LogP contribution in [0.1, 0.15) is 5.56 Å². The van der Waals surface area contributed by atoms with E-state index in [1.165, 1.54) is 0 Å². The number of aryl methyl sites for hydroxylation is 1. The van der Waals surface area contributed by atoms with E-state index < -0.39 is 0 Å². The van der Waals surface area contributed by atoms with Gasteiger partial charge in [-0.25, -0.2) is 0 Å². The first-order valence-corrected chi connectivity index (χ1v) is 6.68. The van der Waals surface area contributed by atoms with Gasteiger partial charge in [-0.05, 0) is 30.7 Å². The van der Waals surface area contributed by atoms with E-state index in [4.69, 9.17) is 5.53 Å². The molecule has 1 aromatic heterocycles. The third-order valence-electron chi connectivity index (χ3n) is 3.34. The average molecular weight is 291 g/mol. The predicted octanol–water partition coefficient (Wildman–Crippen LogP) is 4.70. The van der Waals surface area contributed by atoms with Crippen molar-refractivity contribution in [3.8, 4) is 28.3 Å². The number of aromatic nitrogens is 2. The molecule has 0 bridgehead atoms. The lowest BCUT2D eigenvalue weighted by atomic mass is 10.1. The minimum Gasteiger partial charge on any atom is -0.507 e. The molecule has 0 saturated carbocycles. The largest absolute Gasteiger partial charge is 0.507 e. The standard InChI is InChI=1S/C16H13N5O/c1-10-2-7-16(22)13(8-10)15-9-14(19-20-15)11-3-5-12(6-4-11)18-21-17/h2-9,22H,1H3,(H,19,20). The van der Waals surface area contributed by atoms with E-state index in [-0.39, 0.29) is 5.75 Å². The maximum Gasteiger partial charge on any atom is 0.124 e. The number of phenols is 1. The Hall–Kier alpha value is -3.24. The molecule has 0 atom stereocenters.